The van der Waals surface area contributed by atoms with Gasteiger partial charge in [0.2, 0.25) is 0 Å². The highest BCUT2D eigenvalue weighted by molar-refractivity contribution is 5.17. The minimum atomic E-state index is -0.477. The Balaban J connectivity index is 1.75. The normalized spacial score (nSPS) is 50.0. The Morgan fingerprint density at radius 1 is 1.22 bits per heavy atom. The Morgan fingerprint density at radius 3 is 2.56 bits per heavy atom. The van der Waals surface area contributed by atoms with E-state index in [-0.39, 0.29) is 10.8 Å². The van der Waals surface area contributed by atoms with Crippen LogP contribution in [0, 0.1) is 16.7 Å². The summed E-state index contributed by atoms with van der Waals surface area (Å²) in [5.41, 5.74) is -0.243. The Labute approximate surface area is 111 Å². The standard InChI is InChI=1S/C16H28O2/c1-14(2)12-6-8-15(3,11-12)16(14,17)9-7-13-5-4-10-18-13/h12-13,17H,4-11H2,1-3H3. The molecule has 2 heteroatoms. The van der Waals surface area contributed by atoms with E-state index in [1.807, 2.05) is 0 Å². The molecule has 1 aliphatic heterocycles. The molecule has 2 nitrogen and oxygen atoms in total. The number of rotatable bonds is 3. The molecule has 2 saturated carbocycles. The molecule has 0 spiro atoms. The van der Waals surface area contributed by atoms with Crippen LogP contribution in [0.15, 0.2) is 0 Å². The van der Waals surface area contributed by atoms with E-state index in [4.69, 9.17) is 4.74 Å². The van der Waals surface area contributed by atoms with Crippen molar-refractivity contribution in [3.63, 3.8) is 0 Å². The zero-order valence-corrected chi connectivity index (χ0v) is 12.2. The molecule has 4 atom stereocenters. The molecule has 1 heterocycles. The summed E-state index contributed by atoms with van der Waals surface area (Å²) < 4.78 is 5.73. The van der Waals surface area contributed by atoms with Gasteiger partial charge in [0.15, 0.2) is 0 Å². The molecule has 2 bridgehead atoms. The van der Waals surface area contributed by atoms with E-state index < -0.39 is 5.60 Å². The fourth-order valence-corrected chi connectivity index (χ4v) is 5.21. The number of ether oxygens (including phenoxy) is 1. The first kappa shape index (κ1) is 12.9. The summed E-state index contributed by atoms with van der Waals surface area (Å²) in [6, 6.07) is 0. The van der Waals surface area contributed by atoms with Gasteiger partial charge in [-0.05, 0) is 61.7 Å². The molecule has 0 aromatic heterocycles. The lowest BCUT2D eigenvalue weighted by Gasteiger charge is -2.51. The van der Waals surface area contributed by atoms with Crippen molar-refractivity contribution in [2.24, 2.45) is 16.7 Å². The lowest BCUT2D eigenvalue weighted by Crippen LogP contribution is -2.54. The zero-order valence-electron chi connectivity index (χ0n) is 12.2. The maximum atomic E-state index is 11.4. The maximum Gasteiger partial charge on any atom is 0.0755 e. The second-order valence-electron chi connectivity index (χ2n) is 7.76. The van der Waals surface area contributed by atoms with Gasteiger partial charge in [-0.2, -0.15) is 0 Å². The summed E-state index contributed by atoms with van der Waals surface area (Å²) in [5.74, 6) is 0.719. The van der Waals surface area contributed by atoms with Crippen LogP contribution < -0.4 is 0 Å². The van der Waals surface area contributed by atoms with Gasteiger partial charge in [0.05, 0.1) is 11.7 Å². The number of aliphatic hydroxyl groups is 1. The molecule has 3 rings (SSSR count). The molecule has 0 aromatic rings. The molecule has 0 aromatic carbocycles. The molecule has 1 saturated heterocycles. The van der Waals surface area contributed by atoms with E-state index in [0.717, 1.165) is 25.4 Å². The third-order valence-corrected chi connectivity index (χ3v) is 6.68. The fourth-order valence-electron chi connectivity index (χ4n) is 5.21. The van der Waals surface area contributed by atoms with Crippen molar-refractivity contribution in [1.82, 2.24) is 0 Å². The van der Waals surface area contributed by atoms with Crippen LogP contribution in [0.3, 0.4) is 0 Å². The predicted molar refractivity (Wildman–Crippen MR) is 72.4 cm³/mol. The van der Waals surface area contributed by atoms with E-state index in [0.29, 0.717) is 6.10 Å². The number of fused-ring (bicyclic) bond motifs is 2. The third-order valence-electron chi connectivity index (χ3n) is 6.68. The summed E-state index contributed by atoms with van der Waals surface area (Å²) >= 11 is 0. The lowest BCUT2D eigenvalue weighted by molar-refractivity contribution is -0.152. The Hall–Kier alpha value is -0.0800. The van der Waals surface area contributed by atoms with Gasteiger partial charge in [0, 0.05) is 6.61 Å². The van der Waals surface area contributed by atoms with Gasteiger partial charge in [-0.3, -0.25) is 0 Å². The summed E-state index contributed by atoms with van der Waals surface area (Å²) in [7, 11) is 0. The van der Waals surface area contributed by atoms with Crippen LogP contribution in [0.5, 0.6) is 0 Å². The maximum absolute atomic E-state index is 11.4. The van der Waals surface area contributed by atoms with Crippen molar-refractivity contribution in [1.29, 1.82) is 0 Å². The highest BCUT2D eigenvalue weighted by Gasteiger charge is 2.67. The Morgan fingerprint density at radius 2 is 2.00 bits per heavy atom. The average molecular weight is 252 g/mol. The molecule has 4 unspecified atom stereocenters. The summed E-state index contributed by atoms with van der Waals surface area (Å²) in [6.07, 6.45) is 8.52. The van der Waals surface area contributed by atoms with Crippen LogP contribution in [-0.4, -0.2) is 23.4 Å². The molecule has 0 amide bonds. The Bertz CT molecular complexity index is 325. The van der Waals surface area contributed by atoms with Crippen LogP contribution in [-0.2, 0) is 4.74 Å². The van der Waals surface area contributed by atoms with Crippen molar-refractivity contribution in [3.8, 4) is 0 Å². The first-order chi connectivity index (χ1) is 8.39. The van der Waals surface area contributed by atoms with Crippen LogP contribution in [0.1, 0.15) is 65.7 Å². The van der Waals surface area contributed by atoms with Gasteiger partial charge >= 0.3 is 0 Å². The van der Waals surface area contributed by atoms with Crippen molar-refractivity contribution < 1.29 is 9.84 Å². The summed E-state index contributed by atoms with van der Waals surface area (Å²) in [6.45, 7) is 7.82. The Kier molecular flexibility index (Phi) is 2.84. The van der Waals surface area contributed by atoms with Crippen LogP contribution in [0.4, 0.5) is 0 Å². The molecule has 3 fully saturated rings. The summed E-state index contributed by atoms with van der Waals surface area (Å²) in [4.78, 5) is 0. The van der Waals surface area contributed by atoms with Crippen LogP contribution in [0.25, 0.3) is 0 Å². The van der Waals surface area contributed by atoms with Gasteiger partial charge in [0.1, 0.15) is 0 Å². The number of hydrogen-bond acceptors (Lipinski definition) is 2. The van der Waals surface area contributed by atoms with Gasteiger partial charge in [-0.15, -0.1) is 0 Å². The van der Waals surface area contributed by atoms with Gasteiger partial charge in [-0.1, -0.05) is 20.8 Å². The molecule has 18 heavy (non-hydrogen) atoms. The average Bonchev–Trinajstić information content (AvgIpc) is 2.97. The largest absolute Gasteiger partial charge is 0.389 e. The van der Waals surface area contributed by atoms with Gasteiger partial charge in [0.25, 0.3) is 0 Å². The number of hydrogen-bond donors (Lipinski definition) is 1. The highest BCUT2D eigenvalue weighted by Crippen LogP contribution is 2.69. The van der Waals surface area contributed by atoms with Crippen molar-refractivity contribution in [2.75, 3.05) is 6.61 Å². The highest BCUT2D eigenvalue weighted by atomic mass is 16.5. The molecule has 0 radical (unpaired) electrons. The van der Waals surface area contributed by atoms with Crippen LogP contribution >= 0.6 is 0 Å². The first-order valence-corrected chi connectivity index (χ1v) is 7.73. The van der Waals surface area contributed by atoms with Gasteiger partial charge < -0.3 is 9.84 Å². The van der Waals surface area contributed by atoms with E-state index in [2.05, 4.69) is 20.8 Å². The third kappa shape index (κ3) is 1.54. The van der Waals surface area contributed by atoms with E-state index in [1.165, 1.54) is 32.1 Å². The van der Waals surface area contributed by atoms with Crippen molar-refractivity contribution >= 4 is 0 Å². The van der Waals surface area contributed by atoms with E-state index >= 15 is 0 Å². The second-order valence-corrected chi connectivity index (χ2v) is 7.76. The fraction of sp³-hybridized carbons (Fsp3) is 1.00. The molecular formula is C16H28O2. The first-order valence-electron chi connectivity index (χ1n) is 7.73. The minimum Gasteiger partial charge on any atom is -0.389 e. The monoisotopic (exact) mass is 252 g/mol. The smallest absolute Gasteiger partial charge is 0.0755 e. The molecule has 2 aliphatic carbocycles. The molecule has 3 aliphatic rings. The molecular weight excluding hydrogens is 224 g/mol. The van der Waals surface area contributed by atoms with Gasteiger partial charge in [-0.25, -0.2) is 0 Å². The quantitative estimate of drug-likeness (QED) is 0.832. The zero-order chi connectivity index (χ0) is 13.0. The minimum absolute atomic E-state index is 0.0819. The van der Waals surface area contributed by atoms with Crippen molar-refractivity contribution in [2.45, 2.75) is 77.4 Å². The lowest BCUT2D eigenvalue weighted by atomic mass is 9.58. The molecule has 104 valence electrons. The SMILES string of the molecule is CC12CCC(C1)C(C)(C)C2(O)CCC1CCCO1. The molecule has 1 N–H and O–H groups in total. The topological polar surface area (TPSA) is 29.5 Å². The van der Waals surface area contributed by atoms with Crippen LogP contribution in [0.2, 0.25) is 0 Å². The van der Waals surface area contributed by atoms with Crippen molar-refractivity contribution in [3.05, 3.63) is 0 Å². The second kappa shape index (κ2) is 3.96. The summed E-state index contributed by atoms with van der Waals surface area (Å²) in [5, 5.41) is 11.4. The van der Waals surface area contributed by atoms with E-state index in [1.54, 1.807) is 0 Å². The predicted octanol–water partition coefficient (Wildman–Crippen LogP) is 3.52. The van der Waals surface area contributed by atoms with E-state index in [9.17, 15) is 5.11 Å².